The Bertz CT molecular complexity index is 572. The summed E-state index contributed by atoms with van der Waals surface area (Å²) in [6.07, 6.45) is 3.77. The molecular weight excluding hydrogens is 282 g/mol. The first-order chi connectivity index (χ1) is 10.2. The van der Waals surface area contributed by atoms with Crippen molar-refractivity contribution in [3.8, 4) is 0 Å². The third kappa shape index (κ3) is 4.79. The molecule has 1 heterocycles. The minimum atomic E-state index is -0.0166. The Morgan fingerprint density at radius 2 is 2.00 bits per heavy atom. The van der Waals surface area contributed by atoms with Gasteiger partial charge in [0.25, 0.3) is 0 Å². The zero-order valence-electron chi connectivity index (χ0n) is 12.2. The van der Waals surface area contributed by atoms with E-state index in [1.807, 2.05) is 48.5 Å². The highest BCUT2D eigenvalue weighted by Crippen LogP contribution is 2.19. The summed E-state index contributed by atoms with van der Waals surface area (Å²) in [5, 5.41) is 2.87. The molecule has 5 heteroatoms. The van der Waals surface area contributed by atoms with E-state index >= 15 is 0 Å². The van der Waals surface area contributed by atoms with Crippen LogP contribution in [-0.4, -0.2) is 30.7 Å². The van der Waals surface area contributed by atoms with Crippen LogP contribution in [0.4, 0.5) is 5.69 Å². The number of hydrogen-bond acceptors (Lipinski definition) is 4. The van der Waals surface area contributed by atoms with E-state index in [1.54, 1.807) is 18.0 Å². The highest BCUT2D eigenvalue weighted by atomic mass is 32.2. The number of likely N-dealkylation sites (N-methyl/N-ethyl adjacent to an activating group) is 1. The Labute approximate surface area is 129 Å². The van der Waals surface area contributed by atoms with Crippen molar-refractivity contribution in [1.82, 2.24) is 10.3 Å². The van der Waals surface area contributed by atoms with Crippen molar-refractivity contribution in [3.63, 3.8) is 0 Å². The first-order valence-corrected chi connectivity index (χ1v) is 7.93. The van der Waals surface area contributed by atoms with E-state index in [9.17, 15) is 4.79 Å². The van der Waals surface area contributed by atoms with Gasteiger partial charge in [-0.15, -0.1) is 11.8 Å². The average molecular weight is 301 g/mol. The second kappa shape index (κ2) is 7.69. The van der Waals surface area contributed by atoms with Gasteiger partial charge in [-0.1, -0.05) is 6.07 Å². The van der Waals surface area contributed by atoms with Gasteiger partial charge < -0.3 is 10.2 Å². The lowest BCUT2D eigenvalue weighted by Crippen LogP contribution is -2.34. The molecule has 0 bridgehead atoms. The molecule has 0 fully saturated rings. The van der Waals surface area contributed by atoms with Gasteiger partial charge in [0.05, 0.1) is 18.8 Å². The van der Waals surface area contributed by atoms with Crippen molar-refractivity contribution in [2.24, 2.45) is 0 Å². The molecule has 0 unspecified atom stereocenters. The second-order valence-electron chi connectivity index (χ2n) is 4.65. The van der Waals surface area contributed by atoms with Crippen LogP contribution in [-0.2, 0) is 11.3 Å². The molecule has 21 heavy (non-hydrogen) atoms. The Morgan fingerprint density at radius 1 is 1.24 bits per heavy atom. The van der Waals surface area contributed by atoms with E-state index in [0.29, 0.717) is 13.1 Å². The first-order valence-electron chi connectivity index (χ1n) is 6.71. The van der Waals surface area contributed by atoms with E-state index in [2.05, 4.69) is 22.4 Å². The zero-order valence-corrected chi connectivity index (χ0v) is 13.1. The summed E-state index contributed by atoms with van der Waals surface area (Å²) in [6.45, 7) is 0.782. The average Bonchev–Trinajstić information content (AvgIpc) is 2.54. The summed E-state index contributed by atoms with van der Waals surface area (Å²) in [5.41, 5.74) is 1.89. The number of hydrogen-bond donors (Lipinski definition) is 1. The Morgan fingerprint density at radius 3 is 2.62 bits per heavy atom. The molecule has 1 amide bonds. The van der Waals surface area contributed by atoms with Crippen molar-refractivity contribution < 1.29 is 4.79 Å². The summed E-state index contributed by atoms with van der Waals surface area (Å²) >= 11 is 1.70. The molecule has 1 aromatic heterocycles. The molecule has 0 saturated carbocycles. The van der Waals surface area contributed by atoms with Crippen LogP contribution in [0.25, 0.3) is 0 Å². The van der Waals surface area contributed by atoms with E-state index in [0.717, 1.165) is 11.4 Å². The van der Waals surface area contributed by atoms with Crippen LogP contribution in [0.2, 0.25) is 0 Å². The van der Waals surface area contributed by atoms with E-state index in [-0.39, 0.29) is 5.91 Å². The number of nitrogens with one attached hydrogen (secondary N) is 1. The number of carbonyl (C=O) groups is 1. The molecule has 0 aliphatic carbocycles. The number of rotatable bonds is 6. The standard InChI is InChI=1S/C16H19N3OS/c1-19(14-6-8-15(21-2)9-7-14)12-16(20)18-11-13-5-3-4-10-17-13/h3-10H,11-12H2,1-2H3,(H,18,20). The zero-order chi connectivity index (χ0) is 15.1. The van der Waals surface area contributed by atoms with Crippen LogP contribution in [0, 0.1) is 0 Å². The van der Waals surface area contributed by atoms with Gasteiger partial charge in [0, 0.05) is 23.8 Å². The van der Waals surface area contributed by atoms with Crippen molar-refractivity contribution in [1.29, 1.82) is 0 Å². The van der Waals surface area contributed by atoms with Crippen LogP contribution in [0.1, 0.15) is 5.69 Å². The normalized spacial score (nSPS) is 10.2. The van der Waals surface area contributed by atoms with Gasteiger partial charge >= 0.3 is 0 Å². The SMILES string of the molecule is CSc1ccc(N(C)CC(=O)NCc2ccccn2)cc1. The maximum absolute atomic E-state index is 11.9. The van der Waals surface area contributed by atoms with Gasteiger partial charge in [-0.25, -0.2) is 0 Å². The van der Waals surface area contributed by atoms with Gasteiger partial charge in [0.2, 0.25) is 5.91 Å². The first kappa shape index (κ1) is 15.4. The quantitative estimate of drug-likeness (QED) is 0.833. The fourth-order valence-corrected chi connectivity index (χ4v) is 2.30. The monoisotopic (exact) mass is 301 g/mol. The number of benzene rings is 1. The number of nitrogens with zero attached hydrogens (tertiary/aromatic N) is 2. The molecule has 0 aliphatic heterocycles. The molecule has 1 N–H and O–H groups in total. The van der Waals surface area contributed by atoms with E-state index < -0.39 is 0 Å². The molecule has 0 saturated heterocycles. The number of aromatic nitrogens is 1. The summed E-state index contributed by atoms with van der Waals surface area (Å²) in [7, 11) is 1.91. The summed E-state index contributed by atoms with van der Waals surface area (Å²) in [6, 6.07) is 13.8. The smallest absolute Gasteiger partial charge is 0.239 e. The van der Waals surface area contributed by atoms with Gasteiger partial charge in [-0.3, -0.25) is 9.78 Å². The minimum absolute atomic E-state index is 0.0166. The van der Waals surface area contributed by atoms with Gasteiger partial charge in [-0.2, -0.15) is 0 Å². The number of amides is 1. The third-order valence-corrected chi connectivity index (χ3v) is 3.83. The molecule has 0 atom stereocenters. The molecule has 110 valence electrons. The summed E-state index contributed by atoms with van der Waals surface area (Å²) in [5.74, 6) is -0.0166. The largest absolute Gasteiger partial charge is 0.365 e. The van der Waals surface area contributed by atoms with Crippen molar-refractivity contribution in [2.45, 2.75) is 11.4 Å². The molecule has 1 aromatic carbocycles. The topological polar surface area (TPSA) is 45.2 Å². The maximum Gasteiger partial charge on any atom is 0.239 e. The fraction of sp³-hybridized carbons (Fsp3) is 0.250. The molecule has 0 aliphatic rings. The Hall–Kier alpha value is -2.01. The number of pyridine rings is 1. The van der Waals surface area contributed by atoms with Crippen LogP contribution in [0.15, 0.2) is 53.6 Å². The Balaban J connectivity index is 1.83. The minimum Gasteiger partial charge on any atom is -0.365 e. The molecule has 4 nitrogen and oxygen atoms in total. The maximum atomic E-state index is 11.9. The van der Waals surface area contributed by atoms with Gasteiger partial charge in [0.15, 0.2) is 0 Å². The third-order valence-electron chi connectivity index (χ3n) is 3.09. The van der Waals surface area contributed by atoms with E-state index in [4.69, 9.17) is 0 Å². The fourth-order valence-electron chi connectivity index (χ4n) is 1.89. The van der Waals surface area contributed by atoms with E-state index in [1.165, 1.54) is 4.90 Å². The number of anilines is 1. The van der Waals surface area contributed by atoms with Gasteiger partial charge in [0.1, 0.15) is 0 Å². The molecule has 2 aromatic rings. The predicted octanol–water partition coefficient (Wildman–Crippen LogP) is 2.56. The summed E-state index contributed by atoms with van der Waals surface area (Å²) in [4.78, 5) is 19.3. The Kier molecular flexibility index (Phi) is 5.63. The second-order valence-corrected chi connectivity index (χ2v) is 5.53. The van der Waals surface area contributed by atoms with Crippen molar-refractivity contribution >= 4 is 23.4 Å². The molecule has 0 radical (unpaired) electrons. The van der Waals surface area contributed by atoms with Gasteiger partial charge in [-0.05, 0) is 42.7 Å². The summed E-state index contributed by atoms with van der Waals surface area (Å²) < 4.78 is 0. The van der Waals surface area contributed by atoms with Crippen molar-refractivity contribution in [2.75, 3.05) is 24.7 Å². The highest BCUT2D eigenvalue weighted by molar-refractivity contribution is 7.98. The van der Waals surface area contributed by atoms with Crippen LogP contribution < -0.4 is 10.2 Å². The predicted molar refractivity (Wildman–Crippen MR) is 87.6 cm³/mol. The molecule has 0 spiro atoms. The lowest BCUT2D eigenvalue weighted by atomic mass is 10.3. The number of carbonyl (C=O) groups excluding carboxylic acids is 1. The molecule has 2 rings (SSSR count). The molecular formula is C16H19N3OS. The number of thioether (sulfide) groups is 1. The lowest BCUT2D eigenvalue weighted by molar-refractivity contribution is -0.119. The highest BCUT2D eigenvalue weighted by Gasteiger charge is 2.07. The lowest BCUT2D eigenvalue weighted by Gasteiger charge is -2.19. The van der Waals surface area contributed by atoms with Crippen LogP contribution >= 0.6 is 11.8 Å². The van der Waals surface area contributed by atoms with Crippen LogP contribution in [0.5, 0.6) is 0 Å². The van der Waals surface area contributed by atoms with Crippen LogP contribution in [0.3, 0.4) is 0 Å². The van der Waals surface area contributed by atoms with Crippen molar-refractivity contribution in [3.05, 3.63) is 54.4 Å².